The van der Waals surface area contributed by atoms with Crippen LogP contribution in [0.15, 0.2) is 47.4 Å². The molecule has 0 fully saturated rings. The molecule has 2 aromatic carbocycles. The first-order valence-corrected chi connectivity index (χ1v) is 9.08. The van der Waals surface area contributed by atoms with Crippen molar-refractivity contribution in [1.29, 1.82) is 0 Å². The Hall–Kier alpha value is -2.41. The molecule has 3 rings (SSSR count). The SMILES string of the molecule is CCOc1cccc(N(C)S(=O)(=O)c2ccc3c(c2)OCCO3)c1. The van der Waals surface area contributed by atoms with E-state index in [2.05, 4.69) is 0 Å². The highest BCUT2D eigenvalue weighted by molar-refractivity contribution is 7.92. The summed E-state index contributed by atoms with van der Waals surface area (Å²) in [6.45, 7) is 3.26. The van der Waals surface area contributed by atoms with Crippen molar-refractivity contribution < 1.29 is 22.6 Å². The molecular formula is C17H19NO5S. The van der Waals surface area contributed by atoms with E-state index < -0.39 is 10.0 Å². The summed E-state index contributed by atoms with van der Waals surface area (Å²) in [5.74, 6) is 1.62. The van der Waals surface area contributed by atoms with E-state index in [0.29, 0.717) is 42.8 Å². The minimum absolute atomic E-state index is 0.149. The summed E-state index contributed by atoms with van der Waals surface area (Å²) in [6.07, 6.45) is 0. The fourth-order valence-corrected chi connectivity index (χ4v) is 3.62. The van der Waals surface area contributed by atoms with Crippen molar-refractivity contribution in [3.05, 3.63) is 42.5 Å². The van der Waals surface area contributed by atoms with Gasteiger partial charge in [0, 0.05) is 19.2 Å². The number of benzene rings is 2. The van der Waals surface area contributed by atoms with Crippen molar-refractivity contribution in [3.8, 4) is 17.2 Å². The molecule has 0 aliphatic carbocycles. The second-order valence-corrected chi connectivity index (χ2v) is 7.18. The van der Waals surface area contributed by atoms with E-state index in [9.17, 15) is 8.42 Å². The molecule has 0 saturated carbocycles. The van der Waals surface area contributed by atoms with Crippen LogP contribution in [-0.2, 0) is 10.0 Å². The van der Waals surface area contributed by atoms with Gasteiger partial charge in [0.15, 0.2) is 11.5 Å². The van der Waals surface area contributed by atoms with Crippen LogP contribution in [0.2, 0.25) is 0 Å². The number of nitrogens with zero attached hydrogens (tertiary/aromatic N) is 1. The molecule has 0 saturated heterocycles. The molecule has 0 unspecified atom stereocenters. The molecule has 1 aliphatic heterocycles. The third-order valence-electron chi connectivity index (χ3n) is 3.66. The molecule has 0 radical (unpaired) electrons. The predicted molar refractivity (Wildman–Crippen MR) is 90.6 cm³/mol. The van der Waals surface area contributed by atoms with Crippen LogP contribution in [0.25, 0.3) is 0 Å². The Balaban J connectivity index is 1.93. The maximum absolute atomic E-state index is 12.9. The van der Waals surface area contributed by atoms with Gasteiger partial charge in [-0.15, -0.1) is 0 Å². The van der Waals surface area contributed by atoms with Crippen LogP contribution in [-0.4, -0.2) is 35.3 Å². The van der Waals surface area contributed by atoms with Gasteiger partial charge in [-0.25, -0.2) is 8.42 Å². The highest BCUT2D eigenvalue weighted by atomic mass is 32.2. The lowest BCUT2D eigenvalue weighted by Crippen LogP contribution is -2.27. The third kappa shape index (κ3) is 3.12. The molecule has 1 aliphatic rings. The first-order chi connectivity index (χ1) is 11.5. The fourth-order valence-electron chi connectivity index (χ4n) is 2.42. The number of ether oxygens (including phenoxy) is 3. The first-order valence-electron chi connectivity index (χ1n) is 7.64. The minimum atomic E-state index is -3.71. The van der Waals surface area contributed by atoms with Crippen LogP contribution in [0.3, 0.4) is 0 Å². The van der Waals surface area contributed by atoms with E-state index in [-0.39, 0.29) is 4.90 Å². The minimum Gasteiger partial charge on any atom is -0.494 e. The molecule has 0 spiro atoms. The predicted octanol–water partition coefficient (Wildman–Crippen LogP) is 2.68. The second-order valence-electron chi connectivity index (χ2n) is 5.21. The second kappa shape index (κ2) is 6.60. The maximum Gasteiger partial charge on any atom is 0.264 e. The number of anilines is 1. The zero-order valence-corrected chi connectivity index (χ0v) is 14.4. The van der Waals surface area contributed by atoms with Crippen molar-refractivity contribution in [1.82, 2.24) is 0 Å². The van der Waals surface area contributed by atoms with E-state index in [0.717, 1.165) is 0 Å². The Bertz CT molecular complexity index is 835. The van der Waals surface area contributed by atoms with E-state index in [4.69, 9.17) is 14.2 Å². The fraction of sp³-hybridized carbons (Fsp3) is 0.294. The largest absolute Gasteiger partial charge is 0.494 e. The lowest BCUT2D eigenvalue weighted by Gasteiger charge is -2.22. The number of hydrogen-bond donors (Lipinski definition) is 0. The van der Waals surface area contributed by atoms with Gasteiger partial charge in [0.1, 0.15) is 19.0 Å². The maximum atomic E-state index is 12.9. The number of rotatable bonds is 5. The van der Waals surface area contributed by atoms with Crippen molar-refractivity contribution in [2.75, 3.05) is 31.2 Å². The van der Waals surface area contributed by atoms with Crippen molar-refractivity contribution in [2.45, 2.75) is 11.8 Å². The summed E-state index contributed by atoms with van der Waals surface area (Å²) in [6, 6.07) is 11.6. The van der Waals surface area contributed by atoms with Crippen LogP contribution in [0.5, 0.6) is 17.2 Å². The van der Waals surface area contributed by atoms with Crippen molar-refractivity contribution >= 4 is 15.7 Å². The molecule has 1 heterocycles. The lowest BCUT2D eigenvalue weighted by atomic mass is 10.3. The molecule has 2 aromatic rings. The van der Waals surface area contributed by atoms with E-state index in [1.54, 1.807) is 30.3 Å². The van der Waals surface area contributed by atoms with E-state index in [1.807, 2.05) is 6.92 Å². The van der Waals surface area contributed by atoms with Gasteiger partial charge in [0.2, 0.25) is 0 Å². The topological polar surface area (TPSA) is 65.1 Å². The molecule has 0 aromatic heterocycles. The zero-order valence-electron chi connectivity index (χ0n) is 13.6. The van der Waals surface area contributed by atoms with Gasteiger partial charge in [0.25, 0.3) is 10.0 Å². The Morgan fingerprint density at radius 1 is 1.08 bits per heavy atom. The van der Waals surface area contributed by atoms with Crippen molar-refractivity contribution in [3.63, 3.8) is 0 Å². The van der Waals surface area contributed by atoms with Gasteiger partial charge in [-0.1, -0.05) is 6.07 Å². The van der Waals surface area contributed by atoms with Crippen LogP contribution < -0.4 is 18.5 Å². The van der Waals surface area contributed by atoms with Gasteiger partial charge < -0.3 is 14.2 Å². The smallest absolute Gasteiger partial charge is 0.264 e. The van der Waals surface area contributed by atoms with Gasteiger partial charge in [-0.05, 0) is 31.2 Å². The Morgan fingerprint density at radius 3 is 2.58 bits per heavy atom. The van der Waals surface area contributed by atoms with Gasteiger partial charge in [-0.3, -0.25) is 4.31 Å². The third-order valence-corrected chi connectivity index (χ3v) is 5.45. The van der Waals surface area contributed by atoms with Crippen LogP contribution in [0, 0.1) is 0 Å². The van der Waals surface area contributed by atoms with Crippen molar-refractivity contribution in [2.24, 2.45) is 0 Å². The highest BCUT2D eigenvalue weighted by Crippen LogP contribution is 2.34. The molecule has 6 nitrogen and oxygen atoms in total. The molecule has 0 bridgehead atoms. The Morgan fingerprint density at radius 2 is 1.83 bits per heavy atom. The summed E-state index contributed by atoms with van der Waals surface area (Å²) in [4.78, 5) is 0.149. The molecule has 24 heavy (non-hydrogen) atoms. The summed E-state index contributed by atoms with van der Waals surface area (Å²) < 4.78 is 43.3. The average molecular weight is 349 g/mol. The quantitative estimate of drug-likeness (QED) is 0.830. The molecule has 0 amide bonds. The van der Waals surface area contributed by atoms with E-state index >= 15 is 0 Å². The molecule has 0 atom stereocenters. The van der Waals surface area contributed by atoms with Crippen LogP contribution >= 0.6 is 0 Å². The number of fused-ring (bicyclic) bond motifs is 1. The van der Waals surface area contributed by atoms with Crippen LogP contribution in [0.4, 0.5) is 5.69 Å². The summed E-state index contributed by atoms with van der Waals surface area (Å²) in [5.41, 5.74) is 0.524. The van der Waals surface area contributed by atoms with E-state index in [1.165, 1.54) is 23.5 Å². The highest BCUT2D eigenvalue weighted by Gasteiger charge is 2.24. The average Bonchev–Trinajstić information content (AvgIpc) is 2.61. The molecule has 0 N–H and O–H groups in total. The Kier molecular flexibility index (Phi) is 4.53. The van der Waals surface area contributed by atoms with Gasteiger partial charge in [0.05, 0.1) is 17.2 Å². The molecular weight excluding hydrogens is 330 g/mol. The monoisotopic (exact) mass is 349 g/mol. The summed E-state index contributed by atoms with van der Waals surface area (Å²) >= 11 is 0. The van der Waals surface area contributed by atoms with Gasteiger partial charge in [-0.2, -0.15) is 0 Å². The summed E-state index contributed by atoms with van der Waals surface area (Å²) in [7, 11) is -2.20. The first kappa shape index (κ1) is 16.4. The Labute approximate surface area is 141 Å². The zero-order chi connectivity index (χ0) is 17.2. The molecule has 7 heteroatoms. The van der Waals surface area contributed by atoms with Gasteiger partial charge >= 0.3 is 0 Å². The normalized spacial score (nSPS) is 13.4. The number of hydrogen-bond acceptors (Lipinski definition) is 5. The lowest BCUT2D eigenvalue weighted by molar-refractivity contribution is 0.171. The molecule has 128 valence electrons. The number of sulfonamides is 1. The van der Waals surface area contributed by atoms with Crippen LogP contribution in [0.1, 0.15) is 6.92 Å². The summed E-state index contributed by atoms with van der Waals surface area (Å²) in [5, 5.41) is 0. The standard InChI is InChI=1S/C17H19NO5S/c1-3-21-14-6-4-5-13(11-14)18(2)24(19,20)15-7-8-16-17(12-15)23-10-9-22-16/h4-8,11-12H,3,9-10H2,1-2H3.